The summed E-state index contributed by atoms with van der Waals surface area (Å²) in [4.78, 5) is 11.8. The molecule has 27 heavy (non-hydrogen) atoms. The van der Waals surface area contributed by atoms with Crippen LogP contribution in [0.3, 0.4) is 0 Å². The quantitative estimate of drug-likeness (QED) is 0.451. The number of phenols is 1. The van der Waals surface area contributed by atoms with Gasteiger partial charge in [-0.2, -0.15) is 0 Å². The number of unbranched alkanes of at least 4 members (excludes halogenated alkanes) is 1. The Balaban J connectivity index is 3.61. The summed E-state index contributed by atoms with van der Waals surface area (Å²) in [5.41, 5.74) is -0.370. The van der Waals surface area contributed by atoms with Crippen LogP contribution in [0.2, 0.25) is 0 Å². The van der Waals surface area contributed by atoms with Gasteiger partial charge in [0.25, 0.3) is 0 Å². The van der Waals surface area contributed by atoms with Gasteiger partial charge in [0.05, 0.1) is 26.4 Å². The van der Waals surface area contributed by atoms with Crippen molar-refractivity contribution < 1.29 is 34.0 Å². The largest absolute Gasteiger partial charge is 0.503 e. The van der Waals surface area contributed by atoms with Crippen molar-refractivity contribution in [3.63, 3.8) is 0 Å². The van der Waals surface area contributed by atoms with E-state index in [-0.39, 0.29) is 35.2 Å². The Morgan fingerprint density at radius 3 is 1.59 bits per heavy atom. The normalized spacial score (nSPS) is 10.5. The Morgan fingerprint density at radius 2 is 1.15 bits per heavy atom. The highest BCUT2D eigenvalue weighted by Crippen LogP contribution is 2.53. The second kappa shape index (κ2) is 12.1. The Hall–Kier alpha value is -2.31. The molecule has 0 aromatic heterocycles. The maximum atomic E-state index is 11.8. The van der Waals surface area contributed by atoms with Crippen LogP contribution in [0.1, 0.15) is 70.2 Å². The number of aromatic carboxylic acids is 1. The van der Waals surface area contributed by atoms with Gasteiger partial charge in [-0.05, 0) is 25.7 Å². The highest BCUT2D eigenvalue weighted by atomic mass is 16.6. The predicted molar refractivity (Wildman–Crippen MR) is 103 cm³/mol. The summed E-state index contributed by atoms with van der Waals surface area (Å²) in [6, 6.07) is 0. The lowest BCUT2D eigenvalue weighted by Gasteiger charge is -2.22. The number of carbonyl (C=O) groups is 1. The minimum atomic E-state index is -1.32. The molecule has 1 aromatic carbocycles. The lowest BCUT2D eigenvalue weighted by atomic mass is 10.1. The van der Waals surface area contributed by atoms with Gasteiger partial charge in [0, 0.05) is 0 Å². The molecular formula is C20H32O7. The molecule has 0 aliphatic rings. The number of carboxylic acid groups (broad SMARTS) is 1. The van der Waals surface area contributed by atoms with Crippen LogP contribution in [0, 0.1) is 0 Å². The predicted octanol–water partition coefficient (Wildman–Crippen LogP) is 4.64. The average Bonchev–Trinajstić information content (AvgIpc) is 2.64. The molecule has 0 amide bonds. The van der Waals surface area contributed by atoms with Gasteiger partial charge in [-0.3, -0.25) is 0 Å². The van der Waals surface area contributed by atoms with E-state index in [9.17, 15) is 15.0 Å². The van der Waals surface area contributed by atoms with Gasteiger partial charge in [-0.1, -0.05) is 34.1 Å². The molecule has 0 heterocycles. The molecule has 1 aromatic rings. The Labute approximate surface area is 161 Å². The fourth-order valence-electron chi connectivity index (χ4n) is 2.31. The van der Waals surface area contributed by atoms with E-state index in [0.29, 0.717) is 26.2 Å². The second-order valence-electron chi connectivity index (χ2n) is 6.09. The first-order valence-electron chi connectivity index (χ1n) is 9.70. The topological polar surface area (TPSA) is 94.5 Å². The van der Waals surface area contributed by atoms with E-state index in [1.54, 1.807) is 0 Å². The van der Waals surface area contributed by atoms with E-state index in [4.69, 9.17) is 18.9 Å². The fraction of sp³-hybridized carbons (Fsp3) is 0.650. The zero-order chi connectivity index (χ0) is 20.2. The van der Waals surface area contributed by atoms with E-state index in [2.05, 4.69) is 0 Å². The molecule has 0 atom stereocenters. The molecule has 7 nitrogen and oxygen atoms in total. The molecular weight excluding hydrogens is 352 g/mol. The number of aromatic hydroxyl groups is 1. The first-order valence-corrected chi connectivity index (χ1v) is 9.70. The molecule has 7 heteroatoms. The third kappa shape index (κ3) is 6.12. The summed E-state index contributed by atoms with van der Waals surface area (Å²) in [7, 11) is 0. The third-order valence-electron chi connectivity index (χ3n) is 3.61. The van der Waals surface area contributed by atoms with Crippen LogP contribution in [0.15, 0.2) is 0 Å². The standard InChI is InChI=1S/C20H32O7/c1-5-9-13-27-17-15(21)14(20(22)23)16(24-10-6-2)18(25-11-7-3)19(17)26-12-8-4/h21H,5-13H2,1-4H3,(H,22,23). The van der Waals surface area contributed by atoms with Crippen LogP contribution in [0.4, 0.5) is 0 Å². The van der Waals surface area contributed by atoms with Gasteiger partial charge in [0.15, 0.2) is 17.1 Å². The minimum Gasteiger partial charge on any atom is -0.503 e. The maximum absolute atomic E-state index is 11.8. The van der Waals surface area contributed by atoms with Crippen molar-refractivity contribution in [1.82, 2.24) is 0 Å². The summed E-state index contributed by atoms with van der Waals surface area (Å²) < 4.78 is 23.0. The second-order valence-corrected chi connectivity index (χ2v) is 6.09. The van der Waals surface area contributed by atoms with E-state index >= 15 is 0 Å². The molecule has 0 spiro atoms. The van der Waals surface area contributed by atoms with Gasteiger partial charge in [-0.25, -0.2) is 4.79 Å². The van der Waals surface area contributed by atoms with Gasteiger partial charge < -0.3 is 29.2 Å². The van der Waals surface area contributed by atoms with Crippen molar-refractivity contribution in [1.29, 1.82) is 0 Å². The fourth-order valence-corrected chi connectivity index (χ4v) is 2.31. The van der Waals surface area contributed by atoms with E-state index in [1.807, 2.05) is 27.7 Å². The van der Waals surface area contributed by atoms with Crippen LogP contribution in [0.5, 0.6) is 28.7 Å². The van der Waals surface area contributed by atoms with Crippen molar-refractivity contribution >= 4 is 5.97 Å². The molecule has 154 valence electrons. The van der Waals surface area contributed by atoms with Gasteiger partial charge in [0.1, 0.15) is 0 Å². The molecule has 0 bridgehead atoms. The van der Waals surface area contributed by atoms with E-state index < -0.39 is 11.7 Å². The van der Waals surface area contributed by atoms with Crippen LogP contribution in [-0.4, -0.2) is 42.6 Å². The van der Waals surface area contributed by atoms with Crippen LogP contribution in [-0.2, 0) is 0 Å². The first kappa shape index (κ1) is 22.7. The summed E-state index contributed by atoms with van der Waals surface area (Å²) in [5, 5.41) is 20.3. The molecule has 1 rings (SSSR count). The zero-order valence-corrected chi connectivity index (χ0v) is 16.8. The number of hydrogen-bond acceptors (Lipinski definition) is 6. The maximum Gasteiger partial charge on any atom is 0.343 e. The van der Waals surface area contributed by atoms with Crippen molar-refractivity contribution in [3.8, 4) is 28.7 Å². The SMILES string of the molecule is CCCCOc1c(O)c(C(=O)O)c(OCCC)c(OCCC)c1OCCC. The average molecular weight is 384 g/mol. The van der Waals surface area contributed by atoms with Crippen molar-refractivity contribution in [2.75, 3.05) is 26.4 Å². The highest BCUT2D eigenvalue weighted by Gasteiger charge is 2.32. The third-order valence-corrected chi connectivity index (χ3v) is 3.61. The van der Waals surface area contributed by atoms with Crippen molar-refractivity contribution in [2.24, 2.45) is 0 Å². The summed E-state index contributed by atoms with van der Waals surface area (Å²) in [5.74, 6) is -1.49. The summed E-state index contributed by atoms with van der Waals surface area (Å²) in [6.07, 6.45) is 3.78. The molecule has 0 fully saturated rings. The van der Waals surface area contributed by atoms with Crippen molar-refractivity contribution in [3.05, 3.63) is 5.56 Å². The van der Waals surface area contributed by atoms with E-state index in [1.165, 1.54) is 0 Å². The number of benzene rings is 1. The Bertz CT molecular complexity index is 599. The molecule has 0 aliphatic heterocycles. The Kier molecular flexibility index (Phi) is 10.2. The van der Waals surface area contributed by atoms with Crippen molar-refractivity contribution in [2.45, 2.75) is 59.8 Å². The lowest BCUT2D eigenvalue weighted by Crippen LogP contribution is -2.12. The van der Waals surface area contributed by atoms with Gasteiger partial charge in [0.2, 0.25) is 17.2 Å². The molecule has 0 saturated heterocycles. The van der Waals surface area contributed by atoms with Crippen LogP contribution >= 0.6 is 0 Å². The number of hydrogen-bond donors (Lipinski definition) is 2. The summed E-state index contributed by atoms with van der Waals surface area (Å²) in [6.45, 7) is 9.14. The highest BCUT2D eigenvalue weighted by molar-refractivity contribution is 5.97. The Morgan fingerprint density at radius 1 is 0.704 bits per heavy atom. The first-order chi connectivity index (χ1) is 13.0. The zero-order valence-electron chi connectivity index (χ0n) is 16.8. The molecule has 0 unspecified atom stereocenters. The smallest absolute Gasteiger partial charge is 0.343 e. The lowest BCUT2D eigenvalue weighted by molar-refractivity contribution is 0.0685. The monoisotopic (exact) mass is 384 g/mol. The van der Waals surface area contributed by atoms with Gasteiger partial charge >= 0.3 is 5.97 Å². The number of carboxylic acids is 1. The molecule has 0 saturated carbocycles. The summed E-state index contributed by atoms with van der Waals surface area (Å²) >= 11 is 0. The number of ether oxygens (including phenoxy) is 4. The van der Waals surface area contributed by atoms with Gasteiger partial charge in [-0.15, -0.1) is 0 Å². The minimum absolute atomic E-state index is 0.00995. The molecule has 0 radical (unpaired) electrons. The van der Waals surface area contributed by atoms with Crippen LogP contribution in [0.25, 0.3) is 0 Å². The molecule has 0 aliphatic carbocycles. The van der Waals surface area contributed by atoms with E-state index in [0.717, 1.165) is 25.7 Å². The number of rotatable bonds is 14. The van der Waals surface area contributed by atoms with Crippen LogP contribution < -0.4 is 18.9 Å². The molecule has 2 N–H and O–H groups in total.